The average molecular weight is 415 g/mol. The third-order valence-corrected chi connectivity index (χ3v) is 4.51. The molecule has 1 atom stereocenters. The minimum atomic E-state index is -0.665. The quantitative estimate of drug-likeness (QED) is 0.703. The van der Waals surface area contributed by atoms with Crippen LogP contribution in [0.4, 0.5) is 4.39 Å². The zero-order valence-electron chi connectivity index (χ0n) is 18.4. The topological polar surface area (TPSA) is 58.6 Å². The van der Waals surface area contributed by atoms with Crippen molar-refractivity contribution < 1.29 is 18.7 Å². The van der Waals surface area contributed by atoms with E-state index in [9.17, 15) is 14.0 Å². The zero-order chi connectivity index (χ0) is 22.3. The fraction of sp³-hybridized carbons (Fsp3) is 0.417. The monoisotopic (exact) mass is 414 g/mol. The molecule has 1 N–H and O–H groups in total. The maximum Gasteiger partial charge on any atom is 0.261 e. The summed E-state index contributed by atoms with van der Waals surface area (Å²) in [5.41, 5.74) is 1.55. The van der Waals surface area contributed by atoms with Crippen LogP contribution in [0.2, 0.25) is 0 Å². The number of nitrogens with one attached hydrogen (secondary N) is 1. The molecule has 0 saturated carbocycles. The van der Waals surface area contributed by atoms with E-state index in [-0.39, 0.29) is 30.7 Å². The number of benzene rings is 2. The Hall–Kier alpha value is -2.89. The second kappa shape index (κ2) is 10.2. The Kier molecular flexibility index (Phi) is 7.98. The van der Waals surface area contributed by atoms with Gasteiger partial charge in [0.25, 0.3) is 5.91 Å². The summed E-state index contributed by atoms with van der Waals surface area (Å²) in [6, 6.07) is 13.1. The van der Waals surface area contributed by atoms with Crippen molar-refractivity contribution in [2.75, 3.05) is 6.61 Å². The van der Waals surface area contributed by atoms with Crippen LogP contribution >= 0.6 is 0 Å². The molecule has 0 saturated heterocycles. The van der Waals surface area contributed by atoms with Crippen LogP contribution in [0.25, 0.3) is 0 Å². The smallest absolute Gasteiger partial charge is 0.261 e. The standard InChI is InChI=1S/C24H31FN2O3/c1-6-20(23(29)26-24(3,4)5)27(15-18-11-9-10-17(2)14-18)22(28)16-30-21-13-8-7-12-19(21)25/h7-14,20H,6,15-16H2,1-5H3,(H,26,29)/t20-/m1/s1. The number of halogens is 1. The van der Waals surface area contributed by atoms with Gasteiger partial charge < -0.3 is 15.0 Å². The highest BCUT2D eigenvalue weighted by Gasteiger charge is 2.31. The predicted molar refractivity (Wildman–Crippen MR) is 116 cm³/mol. The van der Waals surface area contributed by atoms with Crippen LogP contribution in [-0.2, 0) is 16.1 Å². The molecular formula is C24H31FN2O3. The fourth-order valence-electron chi connectivity index (χ4n) is 3.16. The van der Waals surface area contributed by atoms with Gasteiger partial charge in [-0.3, -0.25) is 9.59 Å². The Morgan fingerprint density at radius 1 is 1.13 bits per heavy atom. The van der Waals surface area contributed by atoms with Gasteiger partial charge in [-0.05, 0) is 51.8 Å². The first-order valence-electron chi connectivity index (χ1n) is 10.1. The molecule has 0 unspecified atom stereocenters. The van der Waals surface area contributed by atoms with Gasteiger partial charge in [-0.2, -0.15) is 0 Å². The Bertz CT molecular complexity index is 877. The van der Waals surface area contributed by atoms with Crippen molar-refractivity contribution in [3.8, 4) is 5.75 Å². The summed E-state index contributed by atoms with van der Waals surface area (Å²) in [5.74, 6) is -1.13. The molecule has 0 radical (unpaired) electrons. The number of para-hydroxylation sites is 1. The Morgan fingerprint density at radius 3 is 2.43 bits per heavy atom. The van der Waals surface area contributed by atoms with Crippen LogP contribution in [0.5, 0.6) is 5.75 Å². The second-order valence-electron chi connectivity index (χ2n) is 8.39. The van der Waals surface area contributed by atoms with Gasteiger partial charge in [-0.15, -0.1) is 0 Å². The lowest BCUT2D eigenvalue weighted by atomic mass is 10.1. The first kappa shape index (κ1) is 23.4. The zero-order valence-corrected chi connectivity index (χ0v) is 18.4. The molecule has 162 valence electrons. The fourth-order valence-corrected chi connectivity index (χ4v) is 3.16. The first-order chi connectivity index (χ1) is 14.1. The first-order valence-corrected chi connectivity index (χ1v) is 10.1. The number of hydrogen-bond donors (Lipinski definition) is 1. The minimum absolute atomic E-state index is 0.00791. The van der Waals surface area contributed by atoms with Gasteiger partial charge in [0.1, 0.15) is 6.04 Å². The van der Waals surface area contributed by atoms with Crippen molar-refractivity contribution >= 4 is 11.8 Å². The van der Waals surface area contributed by atoms with E-state index >= 15 is 0 Å². The molecule has 0 aliphatic rings. The summed E-state index contributed by atoms with van der Waals surface area (Å²) in [5, 5.41) is 2.95. The maximum absolute atomic E-state index is 13.9. The summed E-state index contributed by atoms with van der Waals surface area (Å²) >= 11 is 0. The second-order valence-corrected chi connectivity index (χ2v) is 8.39. The molecule has 0 bridgehead atoms. The third kappa shape index (κ3) is 6.87. The average Bonchev–Trinajstić information content (AvgIpc) is 2.65. The van der Waals surface area contributed by atoms with Gasteiger partial charge >= 0.3 is 0 Å². The number of aryl methyl sites for hydroxylation is 1. The number of rotatable bonds is 8. The van der Waals surface area contributed by atoms with Gasteiger partial charge in [-0.25, -0.2) is 4.39 Å². The normalized spacial score (nSPS) is 12.2. The van der Waals surface area contributed by atoms with Gasteiger partial charge in [0.2, 0.25) is 5.91 Å². The molecule has 0 aliphatic carbocycles. The van der Waals surface area contributed by atoms with Crippen molar-refractivity contribution in [1.29, 1.82) is 0 Å². The van der Waals surface area contributed by atoms with E-state index in [1.165, 1.54) is 17.0 Å². The van der Waals surface area contributed by atoms with Crippen molar-refractivity contribution in [1.82, 2.24) is 10.2 Å². The molecule has 5 nitrogen and oxygen atoms in total. The SMILES string of the molecule is CC[C@H](C(=O)NC(C)(C)C)N(Cc1cccc(C)c1)C(=O)COc1ccccc1F. The predicted octanol–water partition coefficient (Wildman–Crippen LogP) is 4.24. The maximum atomic E-state index is 13.9. The van der Waals surface area contributed by atoms with E-state index in [0.717, 1.165) is 11.1 Å². The van der Waals surface area contributed by atoms with Crippen molar-refractivity contribution in [2.45, 2.75) is 59.2 Å². The Labute approximate surface area is 178 Å². The number of ether oxygens (including phenoxy) is 1. The number of nitrogens with zero attached hydrogens (tertiary/aromatic N) is 1. The number of carbonyl (C=O) groups is 2. The highest BCUT2D eigenvalue weighted by Crippen LogP contribution is 2.18. The number of amides is 2. The van der Waals surface area contributed by atoms with Crippen LogP contribution in [-0.4, -0.2) is 34.9 Å². The molecule has 0 fully saturated rings. The third-order valence-electron chi connectivity index (χ3n) is 4.51. The molecule has 0 aliphatic heterocycles. The molecule has 0 spiro atoms. The van der Waals surface area contributed by atoms with E-state index < -0.39 is 17.4 Å². The van der Waals surface area contributed by atoms with Crippen molar-refractivity contribution in [2.24, 2.45) is 0 Å². The minimum Gasteiger partial charge on any atom is -0.481 e. The summed E-state index contributed by atoms with van der Waals surface area (Å²) in [7, 11) is 0. The molecule has 2 rings (SSSR count). The lowest BCUT2D eigenvalue weighted by Gasteiger charge is -2.33. The van der Waals surface area contributed by atoms with Crippen LogP contribution in [0.3, 0.4) is 0 Å². The molecule has 6 heteroatoms. The van der Waals surface area contributed by atoms with Crippen LogP contribution in [0, 0.1) is 12.7 Å². The summed E-state index contributed by atoms with van der Waals surface area (Å²) in [6.07, 6.45) is 0.444. The lowest BCUT2D eigenvalue weighted by Crippen LogP contribution is -2.54. The van der Waals surface area contributed by atoms with E-state index in [2.05, 4.69) is 5.32 Å². The molecule has 0 heterocycles. The van der Waals surface area contributed by atoms with Crippen LogP contribution in [0.15, 0.2) is 48.5 Å². The highest BCUT2D eigenvalue weighted by molar-refractivity contribution is 5.88. The number of carbonyl (C=O) groups excluding carboxylic acids is 2. The molecule has 0 aromatic heterocycles. The molecular weight excluding hydrogens is 383 g/mol. The summed E-state index contributed by atoms with van der Waals surface area (Å²) < 4.78 is 19.3. The summed E-state index contributed by atoms with van der Waals surface area (Å²) in [6.45, 7) is 9.42. The highest BCUT2D eigenvalue weighted by atomic mass is 19.1. The largest absolute Gasteiger partial charge is 0.481 e. The van der Waals surface area contributed by atoms with Crippen LogP contribution < -0.4 is 10.1 Å². The number of hydrogen-bond acceptors (Lipinski definition) is 3. The van der Waals surface area contributed by atoms with Crippen LogP contribution in [0.1, 0.15) is 45.2 Å². The van der Waals surface area contributed by atoms with E-state index in [1.54, 1.807) is 12.1 Å². The van der Waals surface area contributed by atoms with Crippen molar-refractivity contribution in [3.63, 3.8) is 0 Å². The molecule has 30 heavy (non-hydrogen) atoms. The van der Waals surface area contributed by atoms with E-state index in [0.29, 0.717) is 6.42 Å². The van der Waals surface area contributed by atoms with Gasteiger partial charge in [0.15, 0.2) is 18.2 Å². The van der Waals surface area contributed by atoms with Gasteiger partial charge in [-0.1, -0.05) is 48.9 Å². The summed E-state index contributed by atoms with van der Waals surface area (Å²) in [4.78, 5) is 27.5. The Morgan fingerprint density at radius 2 is 1.83 bits per heavy atom. The van der Waals surface area contributed by atoms with Crippen molar-refractivity contribution in [3.05, 3.63) is 65.5 Å². The van der Waals surface area contributed by atoms with Gasteiger partial charge in [0, 0.05) is 12.1 Å². The Balaban J connectivity index is 2.25. The molecule has 2 aromatic rings. The lowest BCUT2D eigenvalue weighted by molar-refractivity contribution is -0.143. The van der Waals surface area contributed by atoms with E-state index in [4.69, 9.17) is 4.74 Å². The molecule has 2 aromatic carbocycles. The van der Waals surface area contributed by atoms with Gasteiger partial charge in [0.05, 0.1) is 0 Å². The molecule has 2 amide bonds. The van der Waals surface area contributed by atoms with E-state index in [1.807, 2.05) is 58.9 Å².